The molecule has 25 heavy (non-hydrogen) atoms. The second-order valence-electron chi connectivity index (χ2n) is 7.68. The van der Waals surface area contributed by atoms with Gasteiger partial charge in [0, 0.05) is 31.6 Å². The van der Waals surface area contributed by atoms with Crippen LogP contribution >= 0.6 is 0 Å². The Kier molecular flexibility index (Phi) is 4.84. The Morgan fingerprint density at radius 1 is 1.24 bits per heavy atom. The maximum Gasteiger partial charge on any atom is 0.222 e. The van der Waals surface area contributed by atoms with Crippen molar-refractivity contribution < 1.29 is 13.9 Å². The van der Waals surface area contributed by atoms with Crippen LogP contribution in [0.15, 0.2) is 16.5 Å². The summed E-state index contributed by atoms with van der Waals surface area (Å²) in [6.45, 7) is 7.66. The molecule has 0 radical (unpaired) electrons. The lowest BCUT2D eigenvalue weighted by molar-refractivity contribution is -0.130. The largest absolute Gasteiger partial charge is 0.465 e. The van der Waals surface area contributed by atoms with Crippen molar-refractivity contribution in [1.29, 1.82) is 0 Å². The lowest BCUT2D eigenvalue weighted by Gasteiger charge is -2.45. The molecule has 3 saturated heterocycles. The molecule has 1 amide bonds. The number of hydrogen-bond donors (Lipinski definition) is 1. The van der Waals surface area contributed by atoms with Gasteiger partial charge < -0.3 is 14.5 Å². The Hall–Kier alpha value is -1.37. The summed E-state index contributed by atoms with van der Waals surface area (Å²) in [4.78, 5) is 17.3. The van der Waals surface area contributed by atoms with E-state index in [1.54, 1.807) is 0 Å². The number of hydrogen-bond acceptors (Lipinski definition) is 5. The van der Waals surface area contributed by atoms with Crippen molar-refractivity contribution >= 4 is 5.91 Å². The molecular weight excluding hydrogens is 318 g/mol. The van der Waals surface area contributed by atoms with Crippen LogP contribution in [0.25, 0.3) is 0 Å². The van der Waals surface area contributed by atoms with E-state index >= 15 is 0 Å². The van der Waals surface area contributed by atoms with E-state index in [9.17, 15) is 4.79 Å². The zero-order valence-corrected chi connectivity index (χ0v) is 15.2. The molecule has 0 aromatic carbocycles. The molecule has 3 aliphatic heterocycles. The van der Waals surface area contributed by atoms with Gasteiger partial charge in [-0.1, -0.05) is 0 Å². The minimum absolute atomic E-state index is 0.0965. The van der Waals surface area contributed by atoms with Crippen LogP contribution in [0.5, 0.6) is 0 Å². The highest BCUT2D eigenvalue weighted by molar-refractivity contribution is 5.77. The summed E-state index contributed by atoms with van der Waals surface area (Å²) in [5.41, 5.74) is 0. The van der Waals surface area contributed by atoms with Crippen LogP contribution in [-0.2, 0) is 9.53 Å². The van der Waals surface area contributed by atoms with Crippen LogP contribution < -0.4 is 5.32 Å². The number of amides is 1. The lowest BCUT2D eigenvalue weighted by Crippen LogP contribution is -2.59. The molecule has 0 aliphatic carbocycles. The first-order chi connectivity index (χ1) is 12.1. The first-order valence-corrected chi connectivity index (χ1v) is 9.57. The summed E-state index contributed by atoms with van der Waals surface area (Å²) < 4.78 is 11.5. The molecule has 4 rings (SSSR count). The fourth-order valence-corrected chi connectivity index (χ4v) is 4.71. The number of ether oxygens (including phenoxy) is 1. The van der Waals surface area contributed by atoms with Gasteiger partial charge in [0.05, 0.1) is 25.4 Å². The number of nitrogens with one attached hydrogen (secondary N) is 1. The van der Waals surface area contributed by atoms with Crippen LogP contribution in [0.1, 0.15) is 50.2 Å². The summed E-state index contributed by atoms with van der Waals surface area (Å²) in [5, 5.41) is 3.24. The first-order valence-electron chi connectivity index (χ1n) is 9.57. The molecule has 1 aromatic heterocycles. The zero-order valence-electron chi connectivity index (χ0n) is 15.2. The van der Waals surface area contributed by atoms with Crippen LogP contribution in [0.2, 0.25) is 0 Å². The molecule has 4 heterocycles. The molecule has 138 valence electrons. The number of likely N-dealkylation sites (tertiary alicyclic amines) is 1. The quantitative estimate of drug-likeness (QED) is 0.907. The van der Waals surface area contributed by atoms with Gasteiger partial charge in [-0.3, -0.25) is 14.6 Å². The van der Waals surface area contributed by atoms with Crippen LogP contribution in [0.4, 0.5) is 0 Å². The van der Waals surface area contributed by atoms with Crippen molar-refractivity contribution in [2.45, 2.75) is 63.8 Å². The van der Waals surface area contributed by atoms with E-state index in [1.165, 1.54) is 0 Å². The predicted octanol–water partition coefficient (Wildman–Crippen LogP) is 2.05. The summed E-state index contributed by atoms with van der Waals surface area (Å²) in [5.74, 6) is 2.15. The molecule has 0 saturated carbocycles. The van der Waals surface area contributed by atoms with Crippen molar-refractivity contribution in [2.24, 2.45) is 0 Å². The fraction of sp³-hybridized carbons (Fsp3) is 0.737. The highest BCUT2D eigenvalue weighted by Gasteiger charge is 2.40. The lowest BCUT2D eigenvalue weighted by atomic mass is 9.98. The second-order valence-corrected chi connectivity index (χ2v) is 7.68. The number of nitrogens with zero attached hydrogens (tertiary/aromatic N) is 2. The zero-order chi connectivity index (χ0) is 17.4. The average molecular weight is 347 g/mol. The third kappa shape index (κ3) is 3.48. The molecule has 6 nitrogen and oxygen atoms in total. The van der Waals surface area contributed by atoms with E-state index in [0.717, 1.165) is 57.1 Å². The van der Waals surface area contributed by atoms with Crippen LogP contribution in [-0.4, -0.2) is 60.3 Å². The average Bonchev–Trinajstić information content (AvgIpc) is 3.23. The Labute approximate surface area is 149 Å². The minimum Gasteiger partial charge on any atom is -0.465 e. The number of aryl methyl sites for hydroxylation is 1. The fourth-order valence-electron chi connectivity index (χ4n) is 4.71. The highest BCUT2D eigenvalue weighted by atomic mass is 16.5. The normalized spacial score (nSPS) is 35.0. The minimum atomic E-state index is 0.0965. The summed E-state index contributed by atoms with van der Waals surface area (Å²) >= 11 is 0. The smallest absolute Gasteiger partial charge is 0.222 e. The first kappa shape index (κ1) is 17.1. The molecule has 3 aliphatic rings. The van der Waals surface area contributed by atoms with Crippen LogP contribution in [0.3, 0.4) is 0 Å². The van der Waals surface area contributed by atoms with Crippen molar-refractivity contribution in [3.63, 3.8) is 0 Å². The number of carbonyl (C=O) groups is 1. The predicted molar refractivity (Wildman–Crippen MR) is 94.1 cm³/mol. The standard InChI is InChI=1S/C19H29N3O3/c1-13-12-24-9-8-21(13)15-10-18(20-19(23)11-15)22-7-3-4-16(22)17-6-5-14(2)25-17/h5-6,13,15-16,18H,3-4,7-12H2,1-2H3,(H,20,23)/t13-,15?,16-,18?/m1/s1. The maximum atomic E-state index is 12.4. The van der Waals surface area contributed by atoms with E-state index < -0.39 is 0 Å². The molecular formula is C19H29N3O3. The summed E-state index contributed by atoms with van der Waals surface area (Å²) in [6.07, 6.45) is 3.91. The van der Waals surface area contributed by atoms with Crippen molar-refractivity contribution in [3.8, 4) is 0 Å². The van der Waals surface area contributed by atoms with Gasteiger partial charge in [0.1, 0.15) is 11.5 Å². The van der Waals surface area contributed by atoms with Gasteiger partial charge in [0.25, 0.3) is 0 Å². The van der Waals surface area contributed by atoms with Crippen molar-refractivity contribution in [3.05, 3.63) is 23.7 Å². The highest BCUT2D eigenvalue weighted by Crippen LogP contribution is 2.36. The van der Waals surface area contributed by atoms with Crippen molar-refractivity contribution in [1.82, 2.24) is 15.1 Å². The number of rotatable bonds is 3. The molecule has 0 bridgehead atoms. The van der Waals surface area contributed by atoms with Gasteiger partial charge in [-0.25, -0.2) is 0 Å². The van der Waals surface area contributed by atoms with Gasteiger partial charge in [-0.15, -0.1) is 0 Å². The van der Waals surface area contributed by atoms with E-state index in [4.69, 9.17) is 9.15 Å². The van der Waals surface area contributed by atoms with Crippen LogP contribution in [0, 0.1) is 6.92 Å². The van der Waals surface area contributed by atoms with E-state index in [2.05, 4.69) is 28.1 Å². The monoisotopic (exact) mass is 347 g/mol. The maximum absolute atomic E-state index is 12.4. The number of piperidine rings is 1. The van der Waals surface area contributed by atoms with Gasteiger partial charge >= 0.3 is 0 Å². The third-order valence-corrected chi connectivity index (χ3v) is 5.92. The number of furan rings is 1. The number of morpholine rings is 1. The molecule has 3 fully saturated rings. The van der Waals surface area contributed by atoms with Gasteiger partial charge in [-0.05, 0) is 45.2 Å². The molecule has 1 N–H and O–H groups in total. The SMILES string of the molecule is Cc1ccc([C@H]2CCCN2C2CC(N3CCOC[C@H]3C)CC(=O)N2)o1. The third-order valence-electron chi connectivity index (χ3n) is 5.92. The molecule has 2 unspecified atom stereocenters. The second kappa shape index (κ2) is 7.09. The van der Waals surface area contributed by atoms with Crippen molar-refractivity contribution in [2.75, 3.05) is 26.3 Å². The molecule has 6 heteroatoms. The Morgan fingerprint density at radius 3 is 2.88 bits per heavy atom. The Balaban J connectivity index is 1.49. The van der Waals surface area contributed by atoms with E-state index in [1.807, 2.05) is 13.0 Å². The summed E-state index contributed by atoms with van der Waals surface area (Å²) in [6, 6.07) is 5.08. The van der Waals surface area contributed by atoms with E-state index in [0.29, 0.717) is 18.5 Å². The number of carbonyl (C=O) groups excluding carboxylic acids is 1. The van der Waals surface area contributed by atoms with Gasteiger partial charge in [0.15, 0.2) is 0 Å². The topological polar surface area (TPSA) is 58.0 Å². The van der Waals surface area contributed by atoms with E-state index in [-0.39, 0.29) is 18.1 Å². The van der Waals surface area contributed by atoms with Gasteiger partial charge in [-0.2, -0.15) is 0 Å². The summed E-state index contributed by atoms with van der Waals surface area (Å²) in [7, 11) is 0. The van der Waals surface area contributed by atoms with Gasteiger partial charge in [0.2, 0.25) is 5.91 Å². The molecule has 0 spiro atoms. The molecule has 1 aromatic rings. The Bertz CT molecular complexity index is 617. The molecule has 4 atom stereocenters. The Morgan fingerprint density at radius 2 is 2.12 bits per heavy atom.